The summed E-state index contributed by atoms with van der Waals surface area (Å²) in [6.45, 7) is 2.63. The number of hydrogen-bond acceptors (Lipinski definition) is 3. The summed E-state index contributed by atoms with van der Waals surface area (Å²) in [5.41, 5.74) is 0.689. The monoisotopic (exact) mass is 364 g/mol. The zero-order valence-electron chi connectivity index (χ0n) is 13.6. The topological polar surface area (TPSA) is 36.4 Å². The average Bonchev–Trinajstić information content (AvgIpc) is 2.59. The zero-order chi connectivity index (χ0) is 17.0. The molecule has 1 aromatic heterocycles. The molecule has 1 atom stereocenters. The molecular weight excluding hydrogens is 343 g/mol. The SMILES string of the molecule is OC(Cc1ccc(Cl)cc1Cl)(CN1CCCCC1)c1cccnc1. The minimum absolute atomic E-state index is 0.436. The third kappa shape index (κ3) is 4.28. The van der Waals surface area contributed by atoms with Gasteiger partial charge in [-0.25, -0.2) is 0 Å². The van der Waals surface area contributed by atoms with E-state index in [4.69, 9.17) is 23.2 Å². The van der Waals surface area contributed by atoms with Gasteiger partial charge in [0, 0.05) is 41.0 Å². The summed E-state index contributed by atoms with van der Waals surface area (Å²) in [7, 11) is 0. The number of rotatable bonds is 5. The molecule has 0 bridgehead atoms. The van der Waals surface area contributed by atoms with Gasteiger partial charge in [0.25, 0.3) is 0 Å². The van der Waals surface area contributed by atoms with E-state index in [0.717, 1.165) is 24.2 Å². The summed E-state index contributed by atoms with van der Waals surface area (Å²) in [4.78, 5) is 6.52. The van der Waals surface area contributed by atoms with Crippen LogP contribution < -0.4 is 0 Å². The Kier molecular flexibility index (Phi) is 5.77. The Morgan fingerprint density at radius 3 is 2.58 bits per heavy atom. The first kappa shape index (κ1) is 17.7. The molecule has 0 amide bonds. The number of pyridine rings is 1. The van der Waals surface area contributed by atoms with Crippen LogP contribution in [0.25, 0.3) is 0 Å². The minimum Gasteiger partial charge on any atom is -0.383 e. The average molecular weight is 365 g/mol. The van der Waals surface area contributed by atoms with E-state index in [2.05, 4.69) is 9.88 Å². The molecule has 5 heteroatoms. The van der Waals surface area contributed by atoms with Gasteiger partial charge < -0.3 is 10.0 Å². The number of hydrogen-bond donors (Lipinski definition) is 1. The molecule has 24 heavy (non-hydrogen) atoms. The highest BCUT2D eigenvalue weighted by atomic mass is 35.5. The molecule has 1 unspecified atom stereocenters. The summed E-state index contributed by atoms with van der Waals surface area (Å²) in [5.74, 6) is 0. The van der Waals surface area contributed by atoms with E-state index in [-0.39, 0.29) is 0 Å². The van der Waals surface area contributed by atoms with Crippen molar-refractivity contribution in [3.63, 3.8) is 0 Å². The van der Waals surface area contributed by atoms with Crippen LogP contribution in [0.2, 0.25) is 10.0 Å². The molecule has 0 saturated carbocycles. The highest BCUT2D eigenvalue weighted by molar-refractivity contribution is 6.35. The van der Waals surface area contributed by atoms with Crippen LogP contribution in [0.5, 0.6) is 0 Å². The summed E-state index contributed by atoms with van der Waals surface area (Å²) in [6.07, 6.45) is 7.54. The largest absolute Gasteiger partial charge is 0.383 e. The fourth-order valence-electron chi connectivity index (χ4n) is 3.35. The molecule has 1 aliphatic rings. The van der Waals surface area contributed by atoms with Gasteiger partial charge in [-0.05, 0) is 49.7 Å². The van der Waals surface area contributed by atoms with Crippen molar-refractivity contribution in [3.8, 4) is 0 Å². The number of aliphatic hydroxyl groups is 1. The maximum atomic E-state index is 11.5. The smallest absolute Gasteiger partial charge is 0.108 e. The summed E-state index contributed by atoms with van der Waals surface area (Å²) in [5, 5.41) is 12.7. The van der Waals surface area contributed by atoms with Crippen molar-refractivity contribution < 1.29 is 5.11 Å². The number of benzene rings is 1. The van der Waals surface area contributed by atoms with Gasteiger partial charge in [-0.1, -0.05) is 41.8 Å². The Morgan fingerprint density at radius 2 is 1.92 bits per heavy atom. The number of aromatic nitrogens is 1. The Morgan fingerprint density at radius 1 is 1.12 bits per heavy atom. The molecule has 0 spiro atoms. The predicted octanol–water partition coefficient (Wildman–Crippen LogP) is 4.30. The Bertz CT molecular complexity index is 674. The molecule has 1 fully saturated rings. The van der Waals surface area contributed by atoms with Gasteiger partial charge in [-0.15, -0.1) is 0 Å². The van der Waals surface area contributed by atoms with Crippen molar-refractivity contribution in [1.29, 1.82) is 0 Å². The van der Waals surface area contributed by atoms with E-state index in [1.54, 1.807) is 18.5 Å². The highest BCUT2D eigenvalue weighted by Crippen LogP contribution is 2.31. The van der Waals surface area contributed by atoms with E-state index in [0.29, 0.717) is 23.0 Å². The van der Waals surface area contributed by atoms with Crippen LogP contribution in [-0.2, 0) is 12.0 Å². The minimum atomic E-state index is -1.02. The van der Waals surface area contributed by atoms with Crippen LogP contribution >= 0.6 is 23.2 Å². The van der Waals surface area contributed by atoms with Crippen LogP contribution in [0.3, 0.4) is 0 Å². The van der Waals surface area contributed by atoms with E-state index in [1.165, 1.54) is 19.3 Å². The van der Waals surface area contributed by atoms with Crippen molar-refractivity contribution in [2.45, 2.75) is 31.3 Å². The lowest BCUT2D eigenvalue weighted by Gasteiger charge is -2.36. The quantitative estimate of drug-likeness (QED) is 0.858. The van der Waals surface area contributed by atoms with E-state index < -0.39 is 5.60 Å². The molecule has 1 aromatic carbocycles. The van der Waals surface area contributed by atoms with Gasteiger partial charge >= 0.3 is 0 Å². The van der Waals surface area contributed by atoms with Crippen molar-refractivity contribution >= 4 is 23.2 Å². The Labute approximate surface area is 153 Å². The first-order valence-electron chi connectivity index (χ1n) is 8.36. The van der Waals surface area contributed by atoms with Crippen LogP contribution in [0.15, 0.2) is 42.7 Å². The lowest BCUT2D eigenvalue weighted by molar-refractivity contribution is -0.00592. The standard InChI is InChI=1S/C19H22Cl2N2O/c20-17-7-6-15(18(21)11-17)12-19(24,16-5-4-8-22-13-16)14-23-9-2-1-3-10-23/h4-8,11,13,24H,1-3,9-10,12,14H2. The van der Waals surface area contributed by atoms with Gasteiger partial charge in [-0.3, -0.25) is 4.98 Å². The van der Waals surface area contributed by atoms with E-state index in [9.17, 15) is 5.11 Å². The second-order valence-corrected chi connectivity index (χ2v) is 7.37. The fraction of sp³-hybridized carbons (Fsp3) is 0.421. The maximum Gasteiger partial charge on any atom is 0.108 e. The first-order chi connectivity index (χ1) is 11.6. The van der Waals surface area contributed by atoms with Gasteiger partial charge in [-0.2, -0.15) is 0 Å². The van der Waals surface area contributed by atoms with Crippen molar-refractivity contribution in [2.24, 2.45) is 0 Å². The Hall–Kier alpha value is -1.13. The maximum absolute atomic E-state index is 11.5. The molecule has 128 valence electrons. The third-order valence-corrected chi connectivity index (χ3v) is 5.22. The third-order valence-electron chi connectivity index (χ3n) is 4.63. The van der Waals surface area contributed by atoms with Crippen LogP contribution in [-0.4, -0.2) is 34.6 Å². The lowest BCUT2D eigenvalue weighted by Crippen LogP contribution is -2.44. The van der Waals surface area contributed by atoms with Crippen LogP contribution in [0.4, 0.5) is 0 Å². The van der Waals surface area contributed by atoms with Gasteiger partial charge in [0.15, 0.2) is 0 Å². The lowest BCUT2D eigenvalue weighted by atomic mass is 9.87. The first-order valence-corrected chi connectivity index (χ1v) is 9.12. The predicted molar refractivity (Wildman–Crippen MR) is 98.6 cm³/mol. The van der Waals surface area contributed by atoms with Gasteiger partial charge in [0.2, 0.25) is 0 Å². The van der Waals surface area contributed by atoms with Crippen molar-refractivity contribution in [2.75, 3.05) is 19.6 Å². The normalized spacial score (nSPS) is 18.3. The molecule has 1 aliphatic heterocycles. The van der Waals surface area contributed by atoms with Crippen molar-refractivity contribution in [1.82, 2.24) is 9.88 Å². The molecule has 2 aromatic rings. The van der Waals surface area contributed by atoms with Gasteiger partial charge in [0.1, 0.15) is 5.60 Å². The number of nitrogens with zero attached hydrogens (tertiary/aromatic N) is 2. The molecular formula is C19H22Cl2N2O. The number of piperidine rings is 1. The zero-order valence-corrected chi connectivity index (χ0v) is 15.1. The highest BCUT2D eigenvalue weighted by Gasteiger charge is 2.33. The Balaban J connectivity index is 1.89. The van der Waals surface area contributed by atoms with E-state index in [1.807, 2.05) is 24.3 Å². The molecule has 0 radical (unpaired) electrons. The van der Waals surface area contributed by atoms with E-state index >= 15 is 0 Å². The van der Waals surface area contributed by atoms with Crippen molar-refractivity contribution in [3.05, 3.63) is 63.9 Å². The number of likely N-dealkylation sites (tertiary alicyclic amines) is 1. The van der Waals surface area contributed by atoms with Crippen LogP contribution in [0, 0.1) is 0 Å². The van der Waals surface area contributed by atoms with Crippen LogP contribution in [0.1, 0.15) is 30.4 Å². The molecule has 1 saturated heterocycles. The summed E-state index contributed by atoms with van der Waals surface area (Å²) in [6, 6.07) is 9.22. The summed E-state index contributed by atoms with van der Waals surface area (Å²) < 4.78 is 0. The molecule has 3 nitrogen and oxygen atoms in total. The second-order valence-electron chi connectivity index (χ2n) is 6.52. The molecule has 1 N–H and O–H groups in total. The summed E-state index contributed by atoms with van der Waals surface area (Å²) >= 11 is 12.3. The molecule has 2 heterocycles. The molecule has 0 aliphatic carbocycles. The number of β-amino-alcohol motifs (C(OH)–C–C–N with tert-alkyl or cyclic N) is 1. The van der Waals surface area contributed by atoms with Gasteiger partial charge in [0.05, 0.1) is 0 Å². The number of halogens is 2. The fourth-order valence-corrected chi connectivity index (χ4v) is 3.83. The molecule has 3 rings (SSSR count). The second kappa shape index (κ2) is 7.83.